The van der Waals surface area contributed by atoms with Gasteiger partial charge >= 0.3 is 0 Å². The topological polar surface area (TPSA) is 73.0 Å². The highest BCUT2D eigenvalue weighted by molar-refractivity contribution is 5.91. The van der Waals surface area contributed by atoms with Crippen molar-refractivity contribution in [3.8, 4) is 0 Å². The highest BCUT2D eigenvalue weighted by Crippen LogP contribution is 2.19. The van der Waals surface area contributed by atoms with Crippen LogP contribution in [0.4, 0.5) is 4.39 Å². The molecule has 1 amide bonds. The molecule has 2 heterocycles. The zero-order valence-electron chi connectivity index (χ0n) is 13.1. The molecule has 0 aliphatic rings. The van der Waals surface area contributed by atoms with E-state index in [4.69, 9.17) is 4.42 Å². The normalized spacial score (nSPS) is 12.1. The molecule has 3 rings (SSSR count). The third kappa shape index (κ3) is 3.51. The predicted octanol–water partition coefficient (Wildman–Crippen LogP) is 2.59. The first-order valence-electron chi connectivity index (χ1n) is 7.62. The highest BCUT2D eigenvalue weighted by Gasteiger charge is 2.16. The van der Waals surface area contributed by atoms with E-state index in [2.05, 4.69) is 15.6 Å². The molecule has 0 spiro atoms. The van der Waals surface area contributed by atoms with Crippen LogP contribution >= 0.6 is 0 Å². The number of rotatable bonds is 6. The first-order chi connectivity index (χ1) is 11.6. The van der Waals surface area contributed by atoms with Crippen molar-refractivity contribution in [2.24, 2.45) is 0 Å². The smallest absolute Gasteiger partial charge is 0.273 e. The highest BCUT2D eigenvalue weighted by atomic mass is 19.1. The number of hydrogen-bond acceptors (Lipinski definition) is 4. The Morgan fingerprint density at radius 3 is 2.92 bits per heavy atom. The monoisotopic (exact) mass is 328 g/mol. The zero-order chi connectivity index (χ0) is 16.9. The lowest BCUT2D eigenvalue weighted by atomic mass is 10.1. The predicted molar refractivity (Wildman–Crippen MR) is 85.0 cm³/mol. The minimum atomic E-state index is -0.358. The van der Waals surface area contributed by atoms with Crippen molar-refractivity contribution in [1.82, 2.24) is 20.3 Å². The van der Waals surface area contributed by atoms with E-state index in [-0.39, 0.29) is 23.5 Å². The molecular weight excluding hydrogens is 311 g/mol. The van der Waals surface area contributed by atoms with Gasteiger partial charge in [0.2, 0.25) is 0 Å². The summed E-state index contributed by atoms with van der Waals surface area (Å²) in [6.07, 6.45) is 3.70. The van der Waals surface area contributed by atoms with Crippen molar-refractivity contribution in [2.45, 2.75) is 19.4 Å². The lowest BCUT2D eigenvalue weighted by molar-refractivity contribution is 0.0948. The van der Waals surface area contributed by atoms with Gasteiger partial charge in [0.25, 0.3) is 5.91 Å². The van der Waals surface area contributed by atoms with Gasteiger partial charge in [-0.25, -0.2) is 9.07 Å². The van der Waals surface area contributed by atoms with Crippen LogP contribution in [0, 0.1) is 5.82 Å². The maximum atomic E-state index is 13.8. The first kappa shape index (κ1) is 15.9. The van der Waals surface area contributed by atoms with E-state index in [0.29, 0.717) is 18.5 Å². The molecule has 3 aromatic rings. The van der Waals surface area contributed by atoms with Crippen LogP contribution in [0.1, 0.15) is 34.8 Å². The summed E-state index contributed by atoms with van der Waals surface area (Å²) < 4.78 is 20.5. The molecule has 1 atom stereocenters. The molecule has 0 bridgehead atoms. The minimum absolute atomic E-state index is 0.192. The Kier molecular flexibility index (Phi) is 4.69. The minimum Gasteiger partial charge on any atom is -0.469 e. The molecule has 7 heteroatoms. The summed E-state index contributed by atoms with van der Waals surface area (Å²) in [7, 11) is 0. The molecule has 0 fully saturated rings. The van der Waals surface area contributed by atoms with Gasteiger partial charge in [-0.3, -0.25) is 4.79 Å². The van der Waals surface area contributed by atoms with Gasteiger partial charge in [0.05, 0.1) is 18.5 Å². The van der Waals surface area contributed by atoms with Gasteiger partial charge < -0.3 is 9.73 Å². The third-order valence-corrected chi connectivity index (χ3v) is 3.73. The summed E-state index contributed by atoms with van der Waals surface area (Å²) in [5.41, 5.74) is 0.685. The van der Waals surface area contributed by atoms with E-state index in [0.717, 1.165) is 5.76 Å². The molecule has 0 radical (unpaired) electrons. The molecule has 24 heavy (non-hydrogen) atoms. The van der Waals surface area contributed by atoms with E-state index in [1.54, 1.807) is 37.5 Å². The number of benzene rings is 1. The summed E-state index contributed by atoms with van der Waals surface area (Å²) in [5.74, 6) is 0.158. The van der Waals surface area contributed by atoms with Gasteiger partial charge in [-0.15, -0.1) is 5.10 Å². The van der Waals surface area contributed by atoms with Crippen molar-refractivity contribution in [2.75, 3.05) is 6.54 Å². The fourth-order valence-corrected chi connectivity index (χ4v) is 2.37. The fraction of sp³-hybridized carbons (Fsp3) is 0.235. The summed E-state index contributed by atoms with van der Waals surface area (Å²) >= 11 is 0. The molecule has 0 unspecified atom stereocenters. The van der Waals surface area contributed by atoms with Crippen molar-refractivity contribution in [3.05, 3.63) is 71.7 Å². The number of carbonyl (C=O) groups is 1. The standard InChI is InChI=1S/C17H17FN4O2/c1-12(14-6-2-3-7-15(14)18)22-11-16(20-21-22)17(23)19-9-8-13-5-4-10-24-13/h2-7,10-12H,8-9H2,1H3,(H,19,23)/t12-/m0/s1. The molecule has 2 aromatic heterocycles. The summed E-state index contributed by atoms with van der Waals surface area (Å²) in [4.78, 5) is 12.1. The van der Waals surface area contributed by atoms with Crippen LogP contribution in [0.2, 0.25) is 0 Å². The maximum absolute atomic E-state index is 13.8. The van der Waals surface area contributed by atoms with Crippen LogP contribution in [0.5, 0.6) is 0 Å². The van der Waals surface area contributed by atoms with Crippen LogP contribution in [0.3, 0.4) is 0 Å². The molecule has 0 saturated carbocycles. The Bertz CT molecular complexity index is 814. The van der Waals surface area contributed by atoms with E-state index < -0.39 is 0 Å². The number of halogens is 1. The number of furan rings is 1. The number of aromatic nitrogens is 3. The van der Waals surface area contributed by atoms with Gasteiger partial charge in [0.15, 0.2) is 5.69 Å². The number of nitrogens with zero attached hydrogens (tertiary/aromatic N) is 3. The number of amides is 1. The van der Waals surface area contributed by atoms with Gasteiger partial charge in [0, 0.05) is 18.5 Å². The Labute approximate surface area is 138 Å². The molecule has 0 aliphatic carbocycles. The van der Waals surface area contributed by atoms with E-state index in [1.165, 1.54) is 16.9 Å². The van der Waals surface area contributed by atoms with Crippen molar-refractivity contribution in [1.29, 1.82) is 0 Å². The van der Waals surface area contributed by atoms with Crippen LogP contribution in [0.15, 0.2) is 53.3 Å². The van der Waals surface area contributed by atoms with E-state index in [1.807, 2.05) is 6.07 Å². The van der Waals surface area contributed by atoms with E-state index in [9.17, 15) is 9.18 Å². The van der Waals surface area contributed by atoms with E-state index >= 15 is 0 Å². The Morgan fingerprint density at radius 2 is 2.17 bits per heavy atom. The molecule has 124 valence electrons. The zero-order valence-corrected chi connectivity index (χ0v) is 13.1. The molecule has 0 aliphatic heterocycles. The average Bonchev–Trinajstić information content (AvgIpc) is 3.26. The summed E-state index contributed by atoms with van der Waals surface area (Å²) in [6, 6.07) is 9.75. The average molecular weight is 328 g/mol. The lowest BCUT2D eigenvalue weighted by Crippen LogP contribution is -2.26. The maximum Gasteiger partial charge on any atom is 0.273 e. The fourth-order valence-electron chi connectivity index (χ4n) is 2.37. The largest absolute Gasteiger partial charge is 0.469 e. The second kappa shape index (κ2) is 7.08. The quantitative estimate of drug-likeness (QED) is 0.755. The van der Waals surface area contributed by atoms with Crippen molar-refractivity contribution in [3.63, 3.8) is 0 Å². The van der Waals surface area contributed by atoms with Gasteiger partial charge in [0.1, 0.15) is 11.6 Å². The van der Waals surface area contributed by atoms with Crippen molar-refractivity contribution >= 4 is 5.91 Å². The van der Waals surface area contributed by atoms with Gasteiger partial charge in [-0.2, -0.15) is 0 Å². The van der Waals surface area contributed by atoms with Crippen LogP contribution < -0.4 is 5.32 Å². The van der Waals surface area contributed by atoms with Crippen LogP contribution in [-0.4, -0.2) is 27.4 Å². The second-order valence-corrected chi connectivity index (χ2v) is 5.37. The van der Waals surface area contributed by atoms with Gasteiger partial charge in [-0.05, 0) is 25.1 Å². The molecular formula is C17H17FN4O2. The molecule has 1 aromatic carbocycles. The first-order valence-corrected chi connectivity index (χ1v) is 7.62. The summed E-state index contributed by atoms with van der Waals surface area (Å²) in [5, 5.41) is 10.5. The molecule has 1 N–H and O–H groups in total. The van der Waals surface area contributed by atoms with Gasteiger partial charge in [-0.1, -0.05) is 23.4 Å². The van der Waals surface area contributed by atoms with Crippen LogP contribution in [0.25, 0.3) is 0 Å². The van der Waals surface area contributed by atoms with Crippen LogP contribution in [-0.2, 0) is 6.42 Å². The lowest BCUT2D eigenvalue weighted by Gasteiger charge is -2.12. The second-order valence-electron chi connectivity index (χ2n) is 5.37. The number of carbonyl (C=O) groups excluding carboxylic acids is 1. The molecule has 0 saturated heterocycles. The Morgan fingerprint density at radius 1 is 1.33 bits per heavy atom. The van der Waals surface area contributed by atoms with Crippen molar-refractivity contribution < 1.29 is 13.6 Å². The summed E-state index contributed by atoms with van der Waals surface area (Å²) in [6.45, 7) is 2.23. The molecule has 6 nitrogen and oxygen atoms in total. The number of hydrogen-bond donors (Lipinski definition) is 1. The number of nitrogens with one attached hydrogen (secondary N) is 1. The SMILES string of the molecule is C[C@@H](c1ccccc1F)n1cc(C(=O)NCCc2ccco2)nn1. The third-order valence-electron chi connectivity index (χ3n) is 3.73. The Hall–Kier alpha value is -2.96. The Balaban J connectivity index is 1.62.